The summed E-state index contributed by atoms with van der Waals surface area (Å²) in [5.74, 6) is -2.39. The number of ether oxygens (including phenoxy) is 1. The Balaban J connectivity index is 2.04. The molecule has 0 saturated carbocycles. The predicted molar refractivity (Wildman–Crippen MR) is 92.1 cm³/mol. The maximum atomic E-state index is 13.7. The number of halogens is 1. The second-order valence-electron chi connectivity index (χ2n) is 5.61. The van der Waals surface area contributed by atoms with Gasteiger partial charge in [0.1, 0.15) is 0 Å². The molecule has 0 aliphatic carbocycles. The maximum absolute atomic E-state index is 13.7. The van der Waals surface area contributed by atoms with Crippen LogP contribution in [0.25, 0.3) is 11.0 Å². The van der Waals surface area contributed by atoms with Crippen LogP contribution in [0.4, 0.5) is 4.39 Å². The molecule has 1 aromatic heterocycles. The van der Waals surface area contributed by atoms with E-state index in [2.05, 4.69) is 5.32 Å². The lowest BCUT2D eigenvalue weighted by atomic mass is 10.1. The van der Waals surface area contributed by atoms with Crippen LogP contribution < -0.4 is 5.32 Å². The molecule has 0 saturated heterocycles. The van der Waals surface area contributed by atoms with Crippen molar-refractivity contribution in [2.24, 2.45) is 0 Å². The van der Waals surface area contributed by atoms with Gasteiger partial charge in [0.05, 0.1) is 6.54 Å². The number of nitrogens with one attached hydrogen (secondary N) is 1. The van der Waals surface area contributed by atoms with Crippen molar-refractivity contribution >= 4 is 28.8 Å². The highest BCUT2D eigenvalue weighted by atomic mass is 19.1. The van der Waals surface area contributed by atoms with Crippen molar-refractivity contribution in [3.8, 4) is 0 Å². The van der Waals surface area contributed by atoms with Gasteiger partial charge in [0.15, 0.2) is 18.0 Å². The topological polar surface area (TPSA) is 88.9 Å². The van der Waals surface area contributed by atoms with Gasteiger partial charge in [0, 0.05) is 24.0 Å². The number of likely N-dealkylation sites (N-methyl/N-ethyl adjacent to an activating group) is 2. The number of rotatable bonds is 7. The molecule has 1 aromatic carbocycles. The summed E-state index contributed by atoms with van der Waals surface area (Å²) >= 11 is 0. The number of hydrogen-bond donors (Lipinski definition) is 1. The fourth-order valence-corrected chi connectivity index (χ4v) is 2.49. The summed E-state index contributed by atoms with van der Waals surface area (Å²) in [7, 11) is 0. The van der Waals surface area contributed by atoms with E-state index >= 15 is 0 Å². The van der Waals surface area contributed by atoms with Crippen LogP contribution in [0.15, 0.2) is 22.6 Å². The molecule has 7 nitrogen and oxygen atoms in total. The van der Waals surface area contributed by atoms with Gasteiger partial charge in [-0.1, -0.05) is 12.1 Å². The second kappa shape index (κ2) is 8.46. The first-order valence-electron chi connectivity index (χ1n) is 8.28. The predicted octanol–water partition coefficient (Wildman–Crippen LogP) is 2.02. The zero-order chi connectivity index (χ0) is 19.3. The average molecular weight is 364 g/mol. The summed E-state index contributed by atoms with van der Waals surface area (Å²) in [4.78, 5) is 37.2. The van der Waals surface area contributed by atoms with Crippen molar-refractivity contribution in [1.82, 2.24) is 10.2 Å². The number of carbonyl (C=O) groups excluding carboxylic acids is 3. The van der Waals surface area contributed by atoms with Crippen molar-refractivity contribution in [2.75, 3.05) is 26.2 Å². The first-order valence-corrected chi connectivity index (χ1v) is 8.28. The Morgan fingerprint density at radius 2 is 2.00 bits per heavy atom. The van der Waals surface area contributed by atoms with E-state index in [-0.39, 0.29) is 23.8 Å². The van der Waals surface area contributed by atoms with Crippen LogP contribution in [-0.4, -0.2) is 48.9 Å². The monoisotopic (exact) mass is 364 g/mol. The Hall–Kier alpha value is -2.90. The molecule has 2 aromatic rings. The number of fused-ring (bicyclic) bond motifs is 1. The number of amides is 2. The molecule has 2 rings (SSSR count). The minimum Gasteiger partial charge on any atom is -0.450 e. The molecule has 8 heteroatoms. The molecular weight excluding hydrogens is 343 g/mol. The number of nitrogens with zero attached hydrogens (tertiary/aromatic N) is 1. The fourth-order valence-electron chi connectivity index (χ4n) is 2.49. The average Bonchev–Trinajstić information content (AvgIpc) is 2.96. The summed E-state index contributed by atoms with van der Waals surface area (Å²) in [6.45, 7) is 5.20. The highest BCUT2D eigenvalue weighted by molar-refractivity contribution is 5.97. The van der Waals surface area contributed by atoms with E-state index in [4.69, 9.17) is 9.15 Å². The van der Waals surface area contributed by atoms with Crippen molar-refractivity contribution < 1.29 is 27.9 Å². The lowest BCUT2D eigenvalue weighted by Crippen LogP contribution is -2.42. The van der Waals surface area contributed by atoms with Crippen LogP contribution in [-0.2, 0) is 14.3 Å². The quantitative estimate of drug-likeness (QED) is 0.760. The molecule has 0 spiro atoms. The molecule has 0 atom stereocenters. The highest BCUT2D eigenvalue weighted by Crippen LogP contribution is 2.27. The first kappa shape index (κ1) is 19.4. The minimum absolute atomic E-state index is 0.0327. The molecule has 0 unspecified atom stereocenters. The van der Waals surface area contributed by atoms with E-state index in [0.29, 0.717) is 24.0 Å². The van der Waals surface area contributed by atoms with Gasteiger partial charge in [0.2, 0.25) is 11.7 Å². The molecular formula is C18H21FN2O5. The third-order valence-electron chi connectivity index (χ3n) is 3.87. The molecule has 0 aliphatic heterocycles. The largest absolute Gasteiger partial charge is 0.450 e. The number of furan rings is 1. The van der Waals surface area contributed by atoms with Gasteiger partial charge in [-0.2, -0.15) is 0 Å². The van der Waals surface area contributed by atoms with Crippen LogP contribution in [0.2, 0.25) is 0 Å². The Morgan fingerprint density at radius 1 is 1.27 bits per heavy atom. The Bertz CT molecular complexity index is 830. The summed E-state index contributed by atoms with van der Waals surface area (Å²) in [5, 5.41) is 3.06. The third kappa shape index (κ3) is 4.19. The van der Waals surface area contributed by atoms with Crippen molar-refractivity contribution in [1.29, 1.82) is 0 Å². The first-order chi connectivity index (χ1) is 12.4. The van der Waals surface area contributed by atoms with Crippen molar-refractivity contribution in [3.63, 3.8) is 0 Å². The van der Waals surface area contributed by atoms with E-state index < -0.39 is 24.3 Å². The third-order valence-corrected chi connectivity index (χ3v) is 3.87. The molecule has 0 aliphatic rings. The Labute approximate surface area is 150 Å². The molecule has 1 heterocycles. The van der Waals surface area contributed by atoms with E-state index in [1.165, 1.54) is 17.0 Å². The SMILES string of the molecule is CCNC(=O)CN(CC)C(=O)COC(=O)c1oc2c(F)cccc2c1C. The van der Waals surface area contributed by atoms with Gasteiger partial charge in [-0.3, -0.25) is 9.59 Å². The summed E-state index contributed by atoms with van der Waals surface area (Å²) in [6.07, 6.45) is 0. The number of para-hydroxylation sites is 1. The van der Waals surface area contributed by atoms with Gasteiger partial charge in [0.25, 0.3) is 5.91 Å². The lowest BCUT2D eigenvalue weighted by molar-refractivity contribution is -0.138. The maximum Gasteiger partial charge on any atom is 0.375 e. The number of esters is 1. The molecule has 0 bridgehead atoms. The normalized spacial score (nSPS) is 10.6. The van der Waals surface area contributed by atoms with E-state index in [0.717, 1.165) is 0 Å². The number of aryl methyl sites for hydroxylation is 1. The van der Waals surface area contributed by atoms with Gasteiger partial charge < -0.3 is 19.4 Å². The lowest BCUT2D eigenvalue weighted by Gasteiger charge is -2.19. The van der Waals surface area contributed by atoms with E-state index in [1.54, 1.807) is 26.8 Å². The molecule has 2 amide bonds. The van der Waals surface area contributed by atoms with Crippen molar-refractivity contribution in [2.45, 2.75) is 20.8 Å². The Morgan fingerprint density at radius 3 is 2.62 bits per heavy atom. The molecule has 0 radical (unpaired) electrons. The standard InChI is InChI=1S/C18H21FN2O5/c1-4-20-14(22)9-21(5-2)15(23)10-25-18(24)16-11(3)12-7-6-8-13(19)17(12)26-16/h6-8H,4-5,9-10H2,1-3H3,(H,20,22). The van der Waals surface area contributed by atoms with Crippen LogP contribution in [0.1, 0.15) is 30.0 Å². The van der Waals surface area contributed by atoms with Gasteiger partial charge in [-0.25, -0.2) is 9.18 Å². The van der Waals surface area contributed by atoms with E-state index in [1.807, 2.05) is 0 Å². The molecule has 0 fully saturated rings. The second-order valence-corrected chi connectivity index (χ2v) is 5.61. The van der Waals surface area contributed by atoms with Gasteiger partial charge in [-0.05, 0) is 26.8 Å². The number of hydrogen-bond acceptors (Lipinski definition) is 5. The zero-order valence-corrected chi connectivity index (χ0v) is 14.9. The van der Waals surface area contributed by atoms with Crippen LogP contribution >= 0.6 is 0 Å². The van der Waals surface area contributed by atoms with Crippen LogP contribution in [0.5, 0.6) is 0 Å². The van der Waals surface area contributed by atoms with Crippen LogP contribution in [0.3, 0.4) is 0 Å². The fraction of sp³-hybridized carbons (Fsp3) is 0.389. The molecule has 140 valence electrons. The summed E-state index contributed by atoms with van der Waals surface area (Å²) in [5.41, 5.74) is 0.404. The van der Waals surface area contributed by atoms with Crippen molar-refractivity contribution in [3.05, 3.63) is 35.3 Å². The van der Waals surface area contributed by atoms with Gasteiger partial charge in [-0.15, -0.1) is 0 Å². The van der Waals surface area contributed by atoms with Crippen LogP contribution in [0, 0.1) is 12.7 Å². The molecule has 26 heavy (non-hydrogen) atoms. The summed E-state index contributed by atoms with van der Waals surface area (Å²) in [6, 6.07) is 4.37. The smallest absolute Gasteiger partial charge is 0.375 e. The number of benzene rings is 1. The molecule has 1 N–H and O–H groups in total. The van der Waals surface area contributed by atoms with E-state index in [9.17, 15) is 18.8 Å². The van der Waals surface area contributed by atoms with Gasteiger partial charge >= 0.3 is 5.97 Å². The summed E-state index contributed by atoms with van der Waals surface area (Å²) < 4.78 is 24.0. The minimum atomic E-state index is -0.861. The number of carbonyl (C=O) groups is 3. The Kier molecular flexibility index (Phi) is 6.32. The zero-order valence-electron chi connectivity index (χ0n) is 14.9. The highest BCUT2D eigenvalue weighted by Gasteiger charge is 2.23.